The third-order valence-electron chi connectivity index (χ3n) is 6.83. The summed E-state index contributed by atoms with van der Waals surface area (Å²) < 4.78 is 21.5. The maximum Gasteiger partial charge on any atom is 0.186 e. The summed E-state index contributed by atoms with van der Waals surface area (Å²) in [5.41, 5.74) is 1.04. The van der Waals surface area contributed by atoms with E-state index in [1.807, 2.05) is 0 Å². The Labute approximate surface area is 219 Å². The molecule has 0 bridgehead atoms. The predicted octanol–water partition coefficient (Wildman–Crippen LogP) is -0.568. The van der Waals surface area contributed by atoms with Gasteiger partial charge in [-0.2, -0.15) is 0 Å². The van der Waals surface area contributed by atoms with Gasteiger partial charge in [0.15, 0.2) is 29.3 Å². The normalized spacial score (nSPS) is 25.9. The van der Waals surface area contributed by atoms with Gasteiger partial charge in [-0.25, -0.2) is 0 Å². The zero-order valence-corrected chi connectivity index (χ0v) is 21.1. The minimum absolute atomic E-state index is 0.0597. The van der Waals surface area contributed by atoms with Crippen LogP contribution in [0.15, 0.2) is 36.4 Å². The molecule has 1 aliphatic rings. The van der Waals surface area contributed by atoms with E-state index in [1.54, 1.807) is 12.1 Å². The first-order chi connectivity index (χ1) is 18.1. The number of aliphatic hydroxyl groups excluding tert-OH is 6. The molecular weight excluding hydrogens is 504 g/mol. The van der Waals surface area contributed by atoms with Crippen LogP contribution in [0.2, 0.25) is 0 Å². The van der Waals surface area contributed by atoms with Gasteiger partial charge in [-0.1, -0.05) is 12.1 Å². The van der Waals surface area contributed by atoms with Crippen LogP contribution in [0.1, 0.15) is 17.2 Å². The quantitative estimate of drug-likeness (QED) is 0.171. The number of rotatable bonds is 12. The fourth-order valence-electron chi connectivity index (χ4n) is 4.52. The Balaban J connectivity index is 1.89. The summed E-state index contributed by atoms with van der Waals surface area (Å²) in [5, 5.41) is 81.5. The van der Waals surface area contributed by atoms with Crippen LogP contribution < -0.4 is 9.47 Å². The lowest BCUT2D eigenvalue weighted by atomic mass is 9.81. The smallest absolute Gasteiger partial charge is 0.186 e. The van der Waals surface area contributed by atoms with Crippen molar-refractivity contribution in [1.82, 2.24) is 0 Å². The molecule has 1 saturated heterocycles. The largest absolute Gasteiger partial charge is 0.504 e. The fraction of sp³-hybridized carbons (Fsp3) is 0.538. The minimum Gasteiger partial charge on any atom is -0.504 e. The average molecular weight is 541 g/mol. The lowest BCUT2D eigenvalue weighted by molar-refractivity contribution is -0.305. The van der Waals surface area contributed by atoms with E-state index in [9.17, 15) is 40.9 Å². The number of hydrogen-bond acceptors (Lipinski definition) is 12. The standard InChI is InChI=1S/C26H36O12/c1-35-19-8-13(3-5-17(19)29)7-15(10-27)16(22(31)14-4-6-18(30)20(9-14)36-2)12-37-26-25(34)24(33)23(32)21(11-28)38-26/h3-6,8-9,15-16,21-34H,7,10-12H2,1-2H3/t15-,16-,21+,22+,23+,24-,25+,26+/m0/s1. The van der Waals surface area contributed by atoms with E-state index < -0.39 is 61.9 Å². The highest BCUT2D eigenvalue weighted by molar-refractivity contribution is 5.43. The number of aromatic hydroxyl groups is 2. The van der Waals surface area contributed by atoms with Crippen molar-refractivity contribution in [3.05, 3.63) is 47.5 Å². The molecule has 0 spiro atoms. The Hall–Kier alpha value is -2.68. The summed E-state index contributed by atoms with van der Waals surface area (Å²) >= 11 is 0. The first kappa shape index (κ1) is 29.9. The topological polar surface area (TPSA) is 199 Å². The van der Waals surface area contributed by atoms with Crippen LogP contribution in [0.4, 0.5) is 0 Å². The lowest BCUT2D eigenvalue weighted by Gasteiger charge is -2.40. The maximum absolute atomic E-state index is 11.4. The first-order valence-electron chi connectivity index (χ1n) is 12.1. The molecule has 0 aromatic heterocycles. The Bertz CT molecular complexity index is 1030. The van der Waals surface area contributed by atoms with Gasteiger partial charge in [0.25, 0.3) is 0 Å². The van der Waals surface area contributed by atoms with Gasteiger partial charge in [-0.3, -0.25) is 0 Å². The molecular formula is C26H36O12. The molecule has 1 aliphatic heterocycles. The summed E-state index contributed by atoms with van der Waals surface area (Å²) in [6.07, 6.45) is -8.51. The van der Waals surface area contributed by atoms with Crippen molar-refractivity contribution in [2.24, 2.45) is 11.8 Å². The number of benzene rings is 2. The monoisotopic (exact) mass is 540 g/mol. The Morgan fingerprint density at radius 1 is 0.868 bits per heavy atom. The summed E-state index contributed by atoms with van der Waals surface area (Å²) in [7, 11) is 2.76. The molecule has 8 atom stereocenters. The molecule has 12 nitrogen and oxygen atoms in total. The highest BCUT2D eigenvalue weighted by atomic mass is 16.7. The molecule has 2 aromatic carbocycles. The molecule has 3 rings (SSSR count). The molecule has 12 heteroatoms. The van der Waals surface area contributed by atoms with Gasteiger partial charge >= 0.3 is 0 Å². The molecule has 0 radical (unpaired) electrons. The second-order valence-electron chi connectivity index (χ2n) is 9.22. The molecule has 1 fully saturated rings. The Morgan fingerprint density at radius 3 is 2.11 bits per heavy atom. The summed E-state index contributed by atoms with van der Waals surface area (Å²) in [6.45, 7) is -1.31. The Kier molecular flexibility index (Phi) is 10.5. The summed E-state index contributed by atoms with van der Waals surface area (Å²) in [6, 6.07) is 8.98. The molecule has 212 valence electrons. The molecule has 0 aliphatic carbocycles. The van der Waals surface area contributed by atoms with Crippen molar-refractivity contribution >= 4 is 0 Å². The fourth-order valence-corrected chi connectivity index (χ4v) is 4.52. The van der Waals surface area contributed by atoms with Crippen LogP contribution in [-0.4, -0.2) is 106 Å². The van der Waals surface area contributed by atoms with Crippen molar-refractivity contribution < 1.29 is 59.8 Å². The van der Waals surface area contributed by atoms with Gasteiger partial charge in [0, 0.05) is 12.5 Å². The van der Waals surface area contributed by atoms with Gasteiger partial charge < -0.3 is 59.8 Å². The maximum atomic E-state index is 11.4. The van der Waals surface area contributed by atoms with Crippen LogP contribution in [0.25, 0.3) is 0 Å². The predicted molar refractivity (Wildman–Crippen MR) is 132 cm³/mol. The molecule has 8 N–H and O–H groups in total. The summed E-state index contributed by atoms with van der Waals surface area (Å²) in [4.78, 5) is 0. The average Bonchev–Trinajstić information content (AvgIpc) is 2.93. The Morgan fingerprint density at radius 2 is 1.50 bits per heavy atom. The van der Waals surface area contributed by atoms with Crippen LogP contribution in [0.5, 0.6) is 23.0 Å². The number of ether oxygens (including phenoxy) is 4. The number of methoxy groups -OCH3 is 2. The van der Waals surface area contributed by atoms with Crippen LogP contribution in [0.3, 0.4) is 0 Å². The molecule has 0 unspecified atom stereocenters. The number of phenolic OH excluding ortho intramolecular Hbond substituents is 2. The van der Waals surface area contributed by atoms with Crippen molar-refractivity contribution in [2.75, 3.05) is 34.0 Å². The number of phenols is 2. The van der Waals surface area contributed by atoms with E-state index in [1.165, 1.54) is 38.5 Å². The van der Waals surface area contributed by atoms with Crippen molar-refractivity contribution in [1.29, 1.82) is 0 Å². The SMILES string of the molecule is COc1cc(C[C@@H](CO)[C@H](CO[C@@H]2O[C@H](CO)[C@@H](O)[C@H](O)[C@H]2O)[C@H](O)c2ccc(O)c(OC)c2)ccc1O. The van der Waals surface area contributed by atoms with E-state index in [0.29, 0.717) is 11.1 Å². The highest BCUT2D eigenvalue weighted by Crippen LogP contribution is 2.37. The number of hydrogen-bond donors (Lipinski definition) is 8. The van der Waals surface area contributed by atoms with Crippen LogP contribution in [-0.2, 0) is 15.9 Å². The van der Waals surface area contributed by atoms with Crippen molar-refractivity contribution in [2.45, 2.75) is 43.2 Å². The van der Waals surface area contributed by atoms with Crippen LogP contribution >= 0.6 is 0 Å². The van der Waals surface area contributed by atoms with Crippen molar-refractivity contribution in [3.63, 3.8) is 0 Å². The highest BCUT2D eigenvalue weighted by Gasteiger charge is 2.44. The molecule has 0 amide bonds. The van der Waals surface area contributed by atoms with Gasteiger partial charge in [0.2, 0.25) is 0 Å². The van der Waals surface area contributed by atoms with Gasteiger partial charge in [0.05, 0.1) is 33.5 Å². The van der Waals surface area contributed by atoms with Gasteiger partial charge in [-0.05, 0) is 47.7 Å². The molecule has 0 saturated carbocycles. The summed E-state index contributed by atoms with van der Waals surface area (Å²) in [5.74, 6) is -1.30. The zero-order chi connectivity index (χ0) is 28.0. The third kappa shape index (κ3) is 6.65. The van der Waals surface area contributed by atoms with E-state index >= 15 is 0 Å². The minimum atomic E-state index is -1.65. The first-order valence-corrected chi connectivity index (χ1v) is 12.1. The van der Waals surface area contributed by atoms with E-state index in [-0.39, 0.29) is 36.0 Å². The zero-order valence-electron chi connectivity index (χ0n) is 21.1. The number of aliphatic hydroxyl groups is 6. The van der Waals surface area contributed by atoms with Crippen molar-refractivity contribution in [3.8, 4) is 23.0 Å². The third-order valence-corrected chi connectivity index (χ3v) is 6.83. The van der Waals surface area contributed by atoms with E-state index in [2.05, 4.69) is 0 Å². The van der Waals surface area contributed by atoms with Crippen LogP contribution in [0, 0.1) is 11.8 Å². The van der Waals surface area contributed by atoms with E-state index in [0.717, 1.165) is 0 Å². The molecule has 1 heterocycles. The second-order valence-corrected chi connectivity index (χ2v) is 9.22. The second kappa shape index (κ2) is 13.4. The lowest BCUT2D eigenvalue weighted by Crippen LogP contribution is -2.59. The molecule has 2 aromatic rings. The van der Waals surface area contributed by atoms with Gasteiger partial charge in [-0.15, -0.1) is 0 Å². The molecule has 38 heavy (non-hydrogen) atoms. The van der Waals surface area contributed by atoms with E-state index in [4.69, 9.17) is 18.9 Å². The van der Waals surface area contributed by atoms with Gasteiger partial charge in [0.1, 0.15) is 24.4 Å².